The molecule has 0 aliphatic rings. The van der Waals surface area contributed by atoms with Gasteiger partial charge in [-0.3, -0.25) is 9.59 Å². The van der Waals surface area contributed by atoms with Crippen LogP contribution in [0, 0.1) is 0 Å². The lowest BCUT2D eigenvalue weighted by atomic mass is 10.1. The van der Waals surface area contributed by atoms with Gasteiger partial charge in [0, 0.05) is 25.7 Å². The minimum atomic E-state index is -0.256. The Morgan fingerprint density at radius 1 is 1.04 bits per heavy atom. The van der Waals surface area contributed by atoms with Gasteiger partial charge in [0.05, 0.1) is 7.11 Å². The molecule has 0 bridgehead atoms. The molecule has 2 aromatic carbocycles. The second-order valence-electron chi connectivity index (χ2n) is 5.94. The molecule has 0 heterocycles. The van der Waals surface area contributed by atoms with E-state index in [1.165, 1.54) is 6.92 Å². The van der Waals surface area contributed by atoms with Crippen LogP contribution in [0.2, 0.25) is 0 Å². The number of para-hydroxylation sites is 3. The van der Waals surface area contributed by atoms with Crippen molar-refractivity contribution in [3.05, 3.63) is 54.1 Å². The Labute approximate surface area is 160 Å². The Morgan fingerprint density at radius 3 is 2.37 bits per heavy atom. The number of hydrogen-bond acceptors (Lipinski definition) is 4. The number of carbonyl (C=O) groups is 2. The van der Waals surface area contributed by atoms with Crippen LogP contribution in [0.25, 0.3) is 0 Å². The van der Waals surface area contributed by atoms with Crippen LogP contribution in [-0.4, -0.2) is 38.6 Å². The first-order valence-electron chi connectivity index (χ1n) is 8.95. The fourth-order valence-electron chi connectivity index (χ4n) is 2.76. The van der Waals surface area contributed by atoms with Gasteiger partial charge in [0.25, 0.3) is 5.91 Å². The predicted molar refractivity (Wildman–Crippen MR) is 105 cm³/mol. The third-order valence-electron chi connectivity index (χ3n) is 4.13. The number of nitrogens with one attached hydrogen (secondary N) is 1. The maximum atomic E-state index is 12.0. The Morgan fingerprint density at radius 2 is 1.70 bits per heavy atom. The molecule has 6 heteroatoms. The quantitative estimate of drug-likeness (QED) is 0.737. The van der Waals surface area contributed by atoms with Crippen molar-refractivity contribution in [3.8, 4) is 11.5 Å². The first-order chi connectivity index (χ1) is 13.1. The van der Waals surface area contributed by atoms with Crippen molar-refractivity contribution >= 4 is 17.5 Å². The summed E-state index contributed by atoms with van der Waals surface area (Å²) in [5.74, 6) is 0.769. The fourth-order valence-corrected chi connectivity index (χ4v) is 2.76. The molecule has 0 saturated carbocycles. The first kappa shape index (κ1) is 20.3. The highest BCUT2D eigenvalue weighted by atomic mass is 16.5. The lowest BCUT2D eigenvalue weighted by Crippen LogP contribution is -2.39. The molecular weight excluding hydrogens is 344 g/mol. The summed E-state index contributed by atoms with van der Waals surface area (Å²) in [4.78, 5) is 25.8. The van der Waals surface area contributed by atoms with Crippen molar-refractivity contribution in [2.45, 2.75) is 20.3 Å². The molecular formula is C21H26N2O4. The molecule has 0 radical (unpaired) electrons. The molecule has 0 unspecified atom stereocenters. The third-order valence-corrected chi connectivity index (χ3v) is 4.13. The molecule has 0 fully saturated rings. The molecule has 2 amide bonds. The van der Waals surface area contributed by atoms with Crippen LogP contribution in [0.3, 0.4) is 0 Å². The van der Waals surface area contributed by atoms with E-state index in [0.717, 1.165) is 17.7 Å². The van der Waals surface area contributed by atoms with E-state index in [0.29, 0.717) is 24.6 Å². The zero-order valence-electron chi connectivity index (χ0n) is 16.0. The highest BCUT2D eigenvalue weighted by molar-refractivity contribution is 5.92. The minimum absolute atomic E-state index is 0.0598. The van der Waals surface area contributed by atoms with Gasteiger partial charge in [-0.05, 0) is 30.2 Å². The van der Waals surface area contributed by atoms with E-state index in [2.05, 4.69) is 5.32 Å². The van der Waals surface area contributed by atoms with Crippen molar-refractivity contribution in [2.75, 3.05) is 31.7 Å². The first-order valence-corrected chi connectivity index (χ1v) is 8.95. The number of benzene rings is 2. The molecule has 6 nitrogen and oxygen atoms in total. The number of ether oxygens (including phenoxy) is 2. The van der Waals surface area contributed by atoms with Gasteiger partial charge in [-0.15, -0.1) is 0 Å². The highest BCUT2D eigenvalue weighted by Gasteiger charge is 2.14. The van der Waals surface area contributed by atoms with E-state index in [-0.39, 0.29) is 18.4 Å². The number of methoxy groups -OCH3 is 1. The largest absolute Gasteiger partial charge is 0.493 e. The molecule has 2 aromatic rings. The number of rotatable bonds is 9. The molecule has 2 rings (SSSR count). The molecule has 0 aliphatic carbocycles. The number of hydrogen-bond donors (Lipinski definition) is 1. The summed E-state index contributed by atoms with van der Waals surface area (Å²) in [5.41, 5.74) is 1.98. The summed E-state index contributed by atoms with van der Waals surface area (Å²) in [7, 11) is 1.55. The van der Waals surface area contributed by atoms with E-state index in [9.17, 15) is 9.59 Å². The van der Waals surface area contributed by atoms with Crippen LogP contribution >= 0.6 is 0 Å². The number of amides is 2. The molecule has 1 N–H and O–H groups in total. The average molecular weight is 370 g/mol. The van der Waals surface area contributed by atoms with Crippen LogP contribution in [0.4, 0.5) is 5.69 Å². The molecule has 0 atom stereocenters. The van der Waals surface area contributed by atoms with Gasteiger partial charge in [-0.2, -0.15) is 0 Å². The Balaban J connectivity index is 1.87. The third kappa shape index (κ3) is 5.74. The summed E-state index contributed by atoms with van der Waals surface area (Å²) in [5, 5.41) is 2.78. The summed E-state index contributed by atoms with van der Waals surface area (Å²) >= 11 is 0. The van der Waals surface area contributed by atoms with Crippen LogP contribution < -0.4 is 19.7 Å². The molecule has 0 saturated heterocycles. The van der Waals surface area contributed by atoms with Gasteiger partial charge in [0.1, 0.15) is 0 Å². The van der Waals surface area contributed by atoms with Crippen LogP contribution in [0.5, 0.6) is 11.5 Å². The lowest BCUT2D eigenvalue weighted by molar-refractivity contribution is -0.123. The maximum absolute atomic E-state index is 12.0. The van der Waals surface area contributed by atoms with Crippen LogP contribution in [-0.2, 0) is 16.0 Å². The molecule has 144 valence electrons. The second kappa shape index (κ2) is 10.2. The van der Waals surface area contributed by atoms with Crippen molar-refractivity contribution < 1.29 is 19.1 Å². The van der Waals surface area contributed by atoms with Gasteiger partial charge < -0.3 is 19.7 Å². The van der Waals surface area contributed by atoms with E-state index in [4.69, 9.17) is 9.47 Å². The number of aryl methyl sites for hydroxylation is 1. The van der Waals surface area contributed by atoms with Crippen molar-refractivity contribution in [1.29, 1.82) is 0 Å². The Bertz CT molecular complexity index is 776. The molecule has 0 aliphatic heterocycles. The van der Waals surface area contributed by atoms with E-state index >= 15 is 0 Å². The van der Waals surface area contributed by atoms with Gasteiger partial charge >= 0.3 is 0 Å². The van der Waals surface area contributed by atoms with E-state index in [1.807, 2.05) is 43.3 Å². The van der Waals surface area contributed by atoms with Gasteiger partial charge in [0.2, 0.25) is 5.91 Å². The van der Waals surface area contributed by atoms with Crippen LogP contribution in [0.1, 0.15) is 19.4 Å². The zero-order valence-corrected chi connectivity index (χ0v) is 16.0. The minimum Gasteiger partial charge on any atom is -0.493 e. The summed E-state index contributed by atoms with van der Waals surface area (Å²) in [6.45, 7) is 4.19. The van der Waals surface area contributed by atoms with Gasteiger partial charge in [-0.25, -0.2) is 0 Å². The Kier molecular flexibility index (Phi) is 7.67. The van der Waals surface area contributed by atoms with Crippen molar-refractivity contribution in [1.82, 2.24) is 5.32 Å². The van der Waals surface area contributed by atoms with E-state index in [1.54, 1.807) is 24.1 Å². The number of anilines is 1. The van der Waals surface area contributed by atoms with Crippen molar-refractivity contribution in [2.24, 2.45) is 0 Å². The zero-order chi connectivity index (χ0) is 19.6. The topological polar surface area (TPSA) is 67.9 Å². The standard InChI is InChI=1S/C21H26N2O4/c1-4-17-9-5-6-10-18(17)23(16(2)24)14-13-22-21(25)15-27-20-12-8-7-11-19(20)26-3/h5-12H,4,13-15H2,1-3H3,(H,22,25). The number of nitrogens with zero attached hydrogens (tertiary/aromatic N) is 1. The summed E-state index contributed by atoms with van der Waals surface area (Å²) in [6, 6.07) is 14.9. The fraction of sp³-hybridized carbons (Fsp3) is 0.333. The normalized spacial score (nSPS) is 10.2. The maximum Gasteiger partial charge on any atom is 0.258 e. The smallest absolute Gasteiger partial charge is 0.258 e. The Hall–Kier alpha value is -3.02. The average Bonchev–Trinajstić information content (AvgIpc) is 2.69. The van der Waals surface area contributed by atoms with Crippen LogP contribution in [0.15, 0.2) is 48.5 Å². The van der Waals surface area contributed by atoms with Crippen molar-refractivity contribution in [3.63, 3.8) is 0 Å². The molecule has 0 spiro atoms. The van der Waals surface area contributed by atoms with E-state index < -0.39 is 0 Å². The van der Waals surface area contributed by atoms with Gasteiger partial charge in [0.15, 0.2) is 18.1 Å². The predicted octanol–water partition coefficient (Wildman–Crippen LogP) is 2.81. The monoisotopic (exact) mass is 370 g/mol. The second-order valence-corrected chi connectivity index (χ2v) is 5.94. The SMILES string of the molecule is CCc1ccccc1N(CCNC(=O)COc1ccccc1OC)C(C)=O. The van der Waals surface area contributed by atoms with Gasteiger partial charge in [-0.1, -0.05) is 37.3 Å². The number of carbonyl (C=O) groups excluding carboxylic acids is 2. The summed E-state index contributed by atoms with van der Waals surface area (Å²) in [6.07, 6.45) is 0.832. The molecule has 0 aromatic heterocycles. The summed E-state index contributed by atoms with van der Waals surface area (Å²) < 4.78 is 10.7. The highest BCUT2D eigenvalue weighted by Crippen LogP contribution is 2.25. The lowest BCUT2D eigenvalue weighted by Gasteiger charge is -2.24. The molecule has 27 heavy (non-hydrogen) atoms.